The Morgan fingerprint density at radius 2 is 1.88 bits per heavy atom. The van der Waals surface area contributed by atoms with E-state index in [4.69, 9.17) is 0 Å². The predicted octanol–water partition coefficient (Wildman–Crippen LogP) is 3.89. The molecule has 0 amide bonds. The van der Waals surface area contributed by atoms with Crippen molar-refractivity contribution in [3.63, 3.8) is 0 Å². The zero-order valence-corrected chi connectivity index (χ0v) is 11.2. The lowest BCUT2D eigenvalue weighted by Crippen LogP contribution is -2.03. The van der Waals surface area contributed by atoms with Gasteiger partial charge in [-0.05, 0) is 46.5 Å². The van der Waals surface area contributed by atoms with Crippen molar-refractivity contribution in [3.8, 4) is 0 Å². The van der Waals surface area contributed by atoms with E-state index in [0.29, 0.717) is 0 Å². The highest BCUT2D eigenvalue weighted by Crippen LogP contribution is 2.18. The molecular formula is C14H15BrN2. The molecule has 1 heterocycles. The molecule has 0 aliphatic heterocycles. The van der Waals surface area contributed by atoms with E-state index < -0.39 is 0 Å². The van der Waals surface area contributed by atoms with Crippen LogP contribution in [0.3, 0.4) is 0 Å². The Balaban J connectivity index is 1.76. The molecule has 0 saturated carbocycles. The first-order valence-corrected chi connectivity index (χ1v) is 6.54. The number of nitrogens with one attached hydrogen (secondary N) is 1. The minimum Gasteiger partial charge on any atom is -0.383 e. The Kier molecular flexibility index (Phi) is 4.56. The molecule has 1 aromatic heterocycles. The van der Waals surface area contributed by atoms with Gasteiger partial charge in [0, 0.05) is 12.7 Å². The lowest BCUT2D eigenvalue weighted by Gasteiger charge is -2.07. The average Bonchev–Trinajstić information content (AvgIpc) is 2.38. The molecule has 2 nitrogen and oxygen atoms in total. The van der Waals surface area contributed by atoms with Crippen molar-refractivity contribution in [2.24, 2.45) is 0 Å². The van der Waals surface area contributed by atoms with Gasteiger partial charge in [-0.3, -0.25) is 0 Å². The highest BCUT2D eigenvalue weighted by molar-refractivity contribution is 9.10. The fourth-order valence-electron chi connectivity index (χ4n) is 1.68. The van der Waals surface area contributed by atoms with E-state index in [1.54, 1.807) is 6.20 Å². The Labute approximate surface area is 110 Å². The van der Waals surface area contributed by atoms with Gasteiger partial charge in [-0.1, -0.05) is 30.3 Å². The first-order valence-electron chi connectivity index (χ1n) is 5.74. The van der Waals surface area contributed by atoms with Crippen LogP contribution in [0.1, 0.15) is 12.0 Å². The summed E-state index contributed by atoms with van der Waals surface area (Å²) in [5, 5.41) is 3.37. The van der Waals surface area contributed by atoms with Gasteiger partial charge in [0.05, 0.1) is 5.69 Å². The van der Waals surface area contributed by atoms with Crippen molar-refractivity contribution in [1.29, 1.82) is 0 Å². The summed E-state index contributed by atoms with van der Waals surface area (Å²) < 4.78 is 0.875. The number of pyridine rings is 1. The van der Waals surface area contributed by atoms with Gasteiger partial charge in [0.1, 0.15) is 4.60 Å². The third-order valence-corrected chi connectivity index (χ3v) is 3.19. The molecular weight excluding hydrogens is 276 g/mol. The van der Waals surface area contributed by atoms with Crippen LogP contribution in [0.25, 0.3) is 0 Å². The molecule has 0 radical (unpaired) electrons. The molecule has 2 rings (SSSR count). The smallest absolute Gasteiger partial charge is 0.129 e. The number of hydrogen-bond acceptors (Lipinski definition) is 2. The summed E-state index contributed by atoms with van der Waals surface area (Å²) >= 11 is 3.42. The van der Waals surface area contributed by atoms with E-state index in [1.165, 1.54) is 5.56 Å². The Morgan fingerprint density at radius 3 is 2.65 bits per heavy atom. The normalized spacial score (nSPS) is 10.2. The molecule has 1 N–H and O–H groups in total. The Morgan fingerprint density at radius 1 is 1.06 bits per heavy atom. The summed E-state index contributed by atoms with van der Waals surface area (Å²) in [5.41, 5.74) is 2.44. The number of aryl methyl sites for hydroxylation is 1. The molecule has 0 saturated heterocycles. The van der Waals surface area contributed by atoms with Gasteiger partial charge in [-0.2, -0.15) is 0 Å². The molecule has 2 aromatic rings. The maximum atomic E-state index is 4.17. The second-order valence-corrected chi connectivity index (χ2v) is 4.61. The standard InChI is InChI=1S/C14H15BrN2/c15-14-13(9-5-11-17-14)16-10-4-8-12-6-2-1-3-7-12/h1-3,5-7,9,11,16H,4,8,10H2. The van der Waals surface area contributed by atoms with Gasteiger partial charge in [-0.15, -0.1) is 0 Å². The van der Waals surface area contributed by atoms with Gasteiger partial charge in [0.15, 0.2) is 0 Å². The summed E-state index contributed by atoms with van der Waals surface area (Å²) in [6.45, 7) is 0.958. The minimum absolute atomic E-state index is 0.875. The number of hydrogen-bond donors (Lipinski definition) is 1. The molecule has 0 aliphatic carbocycles. The van der Waals surface area contributed by atoms with Crippen LogP contribution >= 0.6 is 15.9 Å². The van der Waals surface area contributed by atoms with Gasteiger partial charge in [0.25, 0.3) is 0 Å². The summed E-state index contributed by atoms with van der Waals surface area (Å²) in [6, 6.07) is 14.5. The fraction of sp³-hybridized carbons (Fsp3) is 0.214. The predicted molar refractivity (Wildman–Crippen MR) is 75.2 cm³/mol. The summed E-state index contributed by atoms with van der Waals surface area (Å²) in [6.07, 6.45) is 4.00. The molecule has 0 atom stereocenters. The quantitative estimate of drug-likeness (QED) is 0.668. The number of anilines is 1. The van der Waals surface area contributed by atoms with Gasteiger partial charge >= 0.3 is 0 Å². The van der Waals surface area contributed by atoms with E-state index in [1.807, 2.05) is 12.1 Å². The van der Waals surface area contributed by atoms with Crippen LogP contribution in [0, 0.1) is 0 Å². The third kappa shape index (κ3) is 3.86. The minimum atomic E-state index is 0.875. The lowest BCUT2D eigenvalue weighted by molar-refractivity contribution is 0.861. The zero-order chi connectivity index (χ0) is 11.9. The van der Waals surface area contributed by atoms with Gasteiger partial charge in [0.2, 0.25) is 0 Å². The van der Waals surface area contributed by atoms with Crippen molar-refractivity contribution in [2.75, 3.05) is 11.9 Å². The van der Waals surface area contributed by atoms with Gasteiger partial charge < -0.3 is 5.32 Å². The third-order valence-electron chi connectivity index (χ3n) is 2.56. The van der Waals surface area contributed by atoms with Crippen molar-refractivity contribution in [3.05, 3.63) is 58.8 Å². The molecule has 0 aliphatic rings. The van der Waals surface area contributed by atoms with E-state index >= 15 is 0 Å². The summed E-state index contributed by atoms with van der Waals surface area (Å²) in [7, 11) is 0. The van der Waals surface area contributed by atoms with Crippen molar-refractivity contribution >= 4 is 21.6 Å². The second kappa shape index (κ2) is 6.40. The molecule has 0 fully saturated rings. The number of rotatable bonds is 5. The number of halogens is 1. The topological polar surface area (TPSA) is 24.9 Å². The van der Waals surface area contributed by atoms with Gasteiger partial charge in [-0.25, -0.2) is 4.98 Å². The van der Waals surface area contributed by atoms with Crippen molar-refractivity contribution in [1.82, 2.24) is 4.98 Å². The van der Waals surface area contributed by atoms with Crippen LogP contribution in [0.2, 0.25) is 0 Å². The SMILES string of the molecule is Brc1ncccc1NCCCc1ccccc1. The van der Waals surface area contributed by atoms with Crippen LogP contribution in [-0.4, -0.2) is 11.5 Å². The van der Waals surface area contributed by atoms with Crippen molar-refractivity contribution in [2.45, 2.75) is 12.8 Å². The monoisotopic (exact) mass is 290 g/mol. The largest absolute Gasteiger partial charge is 0.383 e. The van der Waals surface area contributed by atoms with Crippen LogP contribution in [0.15, 0.2) is 53.3 Å². The molecule has 88 valence electrons. The maximum absolute atomic E-state index is 4.17. The van der Waals surface area contributed by atoms with Crippen LogP contribution < -0.4 is 5.32 Å². The molecule has 1 aromatic carbocycles. The molecule has 17 heavy (non-hydrogen) atoms. The first-order chi connectivity index (χ1) is 8.36. The molecule has 0 unspecified atom stereocenters. The lowest BCUT2D eigenvalue weighted by atomic mass is 10.1. The summed E-state index contributed by atoms with van der Waals surface area (Å²) in [4.78, 5) is 4.17. The van der Waals surface area contributed by atoms with E-state index in [9.17, 15) is 0 Å². The molecule has 3 heteroatoms. The summed E-state index contributed by atoms with van der Waals surface area (Å²) in [5.74, 6) is 0. The first kappa shape index (κ1) is 12.1. The zero-order valence-electron chi connectivity index (χ0n) is 9.57. The Bertz CT molecular complexity index is 457. The van der Waals surface area contributed by atoms with Crippen molar-refractivity contribution < 1.29 is 0 Å². The second-order valence-electron chi connectivity index (χ2n) is 3.86. The van der Waals surface area contributed by atoms with Crippen LogP contribution in [0.5, 0.6) is 0 Å². The van der Waals surface area contributed by atoms with E-state index in [-0.39, 0.29) is 0 Å². The van der Waals surface area contributed by atoms with Crippen LogP contribution in [-0.2, 0) is 6.42 Å². The molecule has 0 bridgehead atoms. The average molecular weight is 291 g/mol. The van der Waals surface area contributed by atoms with Crippen LogP contribution in [0.4, 0.5) is 5.69 Å². The maximum Gasteiger partial charge on any atom is 0.129 e. The van der Waals surface area contributed by atoms with E-state index in [0.717, 1.165) is 29.7 Å². The Hall–Kier alpha value is -1.35. The molecule has 0 spiro atoms. The highest BCUT2D eigenvalue weighted by Gasteiger charge is 1.98. The fourth-order valence-corrected chi connectivity index (χ4v) is 2.07. The number of aromatic nitrogens is 1. The highest BCUT2D eigenvalue weighted by atomic mass is 79.9. The number of benzene rings is 1. The van der Waals surface area contributed by atoms with E-state index in [2.05, 4.69) is 56.6 Å². The number of nitrogens with zero attached hydrogens (tertiary/aromatic N) is 1.